The first-order chi connectivity index (χ1) is 6.77. The zero-order chi connectivity index (χ0) is 10.4. The molecule has 1 saturated heterocycles. The molecular weight excluding hydrogens is 196 g/mol. The second-order valence-corrected chi connectivity index (χ2v) is 4.72. The molecule has 4 nitrogen and oxygen atoms in total. The van der Waals surface area contributed by atoms with Gasteiger partial charge < -0.3 is 5.32 Å². The average Bonchev–Trinajstić information content (AvgIpc) is 2.59. The van der Waals surface area contributed by atoms with Gasteiger partial charge in [-0.05, 0) is 18.1 Å². The van der Waals surface area contributed by atoms with Crippen LogP contribution < -0.4 is 16.6 Å². The van der Waals surface area contributed by atoms with Gasteiger partial charge in [-0.15, -0.1) is 0 Å². The number of nitrogens with zero attached hydrogens (tertiary/aromatic N) is 1. The fourth-order valence-corrected chi connectivity index (χ4v) is 2.78. The molecule has 1 heterocycles. The molecule has 1 aliphatic heterocycles. The van der Waals surface area contributed by atoms with Crippen molar-refractivity contribution in [2.24, 2.45) is 16.8 Å². The number of rotatable bonds is 3. The maximum absolute atomic E-state index is 5.39. The number of hydrogen-bond donors (Lipinski definition) is 3. The molecule has 0 aromatic carbocycles. The van der Waals surface area contributed by atoms with Gasteiger partial charge in [-0.1, -0.05) is 13.8 Å². The van der Waals surface area contributed by atoms with E-state index in [4.69, 9.17) is 5.84 Å². The summed E-state index contributed by atoms with van der Waals surface area (Å²) < 4.78 is 0. The first-order valence-electron chi connectivity index (χ1n) is 5.13. The highest BCUT2D eigenvalue weighted by molar-refractivity contribution is 7.99. The summed E-state index contributed by atoms with van der Waals surface area (Å²) >= 11 is 1.98. The van der Waals surface area contributed by atoms with Gasteiger partial charge in [0.2, 0.25) is 5.96 Å². The van der Waals surface area contributed by atoms with Crippen molar-refractivity contribution in [3.05, 3.63) is 0 Å². The van der Waals surface area contributed by atoms with Crippen LogP contribution >= 0.6 is 11.8 Å². The molecule has 0 aromatic heterocycles. The Balaban J connectivity index is 2.39. The highest BCUT2D eigenvalue weighted by Gasteiger charge is 2.24. The highest BCUT2D eigenvalue weighted by atomic mass is 32.2. The molecule has 5 heteroatoms. The van der Waals surface area contributed by atoms with E-state index in [1.807, 2.05) is 11.8 Å². The second kappa shape index (κ2) is 6.14. The van der Waals surface area contributed by atoms with E-state index in [0.717, 1.165) is 24.7 Å². The van der Waals surface area contributed by atoms with Crippen LogP contribution in [0, 0.1) is 5.92 Å². The van der Waals surface area contributed by atoms with Gasteiger partial charge in [0, 0.05) is 18.3 Å². The third-order valence-corrected chi connectivity index (χ3v) is 3.67. The third kappa shape index (κ3) is 3.38. The normalized spacial score (nSPS) is 27.8. The number of nitrogens with one attached hydrogen (secondary N) is 2. The van der Waals surface area contributed by atoms with Crippen LogP contribution in [-0.2, 0) is 0 Å². The van der Waals surface area contributed by atoms with Crippen molar-refractivity contribution >= 4 is 17.7 Å². The summed E-state index contributed by atoms with van der Waals surface area (Å²) in [6, 6.07) is 0.506. The fourth-order valence-electron chi connectivity index (χ4n) is 1.38. The van der Waals surface area contributed by atoms with Crippen molar-refractivity contribution in [2.45, 2.75) is 26.3 Å². The minimum Gasteiger partial charge on any atom is -0.351 e. The zero-order valence-electron chi connectivity index (χ0n) is 8.92. The lowest BCUT2D eigenvalue weighted by Crippen LogP contribution is -2.48. The van der Waals surface area contributed by atoms with E-state index < -0.39 is 0 Å². The predicted molar refractivity (Wildman–Crippen MR) is 63.3 cm³/mol. The molecule has 0 amide bonds. The van der Waals surface area contributed by atoms with E-state index in [-0.39, 0.29) is 0 Å². The monoisotopic (exact) mass is 216 g/mol. The van der Waals surface area contributed by atoms with Gasteiger partial charge in [-0.25, -0.2) is 5.84 Å². The summed E-state index contributed by atoms with van der Waals surface area (Å²) in [7, 11) is 0. The lowest BCUT2D eigenvalue weighted by molar-refractivity contribution is 0.514. The van der Waals surface area contributed by atoms with Gasteiger partial charge in [0.25, 0.3) is 0 Å². The van der Waals surface area contributed by atoms with Crippen LogP contribution in [0.25, 0.3) is 0 Å². The Hall–Kier alpha value is -0.420. The third-order valence-electron chi connectivity index (χ3n) is 2.32. The molecule has 82 valence electrons. The van der Waals surface area contributed by atoms with E-state index in [9.17, 15) is 0 Å². The minimum absolute atomic E-state index is 0.506. The predicted octanol–water partition coefficient (Wildman–Crippen LogP) is 0.557. The number of nitrogens with two attached hydrogens (primary N) is 1. The Morgan fingerprint density at radius 3 is 2.86 bits per heavy atom. The first kappa shape index (κ1) is 11.7. The molecule has 0 aliphatic carbocycles. The minimum atomic E-state index is 0.506. The molecule has 0 saturated carbocycles. The molecule has 2 unspecified atom stereocenters. The fraction of sp³-hybridized carbons (Fsp3) is 0.889. The van der Waals surface area contributed by atoms with Crippen molar-refractivity contribution in [3.8, 4) is 0 Å². The number of hydrazine groups is 1. The summed E-state index contributed by atoms with van der Waals surface area (Å²) in [5.74, 6) is 9.18. The van der Waals surface area contributed by atoms with Crippen LogP contribution in [0.3, 0.4) is 0 Å². The van der Waals surface area contributed by atoms with Crippen LogP contribution in [0.2, 0.25) is 0 Å². The standard InChI is InChI=1S/C9H20N4S/c1-3-4-11-9(13-10)12-8-6-14-5-7(8)2/h7-8H,3-6,10H2,1-2H3,(H2,11,12,13). The van der Waals surface area contributed by atoms with Crippen molar-refractivity contribution in [2.75, 3.05) is 18.1 Å². The molecule has 0 radical (unpaired) electrons. The SMILES string of the molecule is CCCN=C(NN)NC1CSCC1C. The topological polar surface area (TPSA) is 62.4 Å². The lowest BCUT2D eigenvalue weighted by Gasteiger charge is -2.18. The smallest absolute Gasteiger partial charge is 0.205 e. The zero-order valence-corrected chi connectivity index (χ0v) is 9.73. The molecule has 0 bridgehead atoms. The van der Waals surface area contributed by atoms with Crippen LogP contribution in [0.4, 0.5) is 0 Å². The average molecular weight is 216 g/mol. The lowest BCUT2D eigenvalue weighted by atomic mass is 10.1. The van der Waals surface area contributed by atoms with Gasteiger partial charge in [-0.2, -0.15) is 11.8 Å². The van der Waals surface area contributed by atoms with Gasteiger partial charge in [0.05, 0.1) is 0 Å². The summed E-state index contributed by atoms with van der Waals surface area (Å²) in [4.78, 5) is 4.32. The molecule has 4 N–H and O–H groups in total. The van der Waals surface area contributed by atoms with Gasteiger partial charge in [-0.3, -0.25) is 10.4 Å². The molecule has 2 atom stereocenters. The number of guanidine groups is 1. The summed E-state index contributed by atoms with van der Waals surface area (Å²) in [6.07, 6.45) is 1.04. The van der Waals surface area contributed by atoms with E-state index >= 15 is 0 Å². The summed E-state index contributed by atoms with van der Waals surface area (Å²) in [6.45, 7) is 5.18. The van der Waals surface area contributed by atoms with Crippen molar-refractivity contribution in [1.82, 2.24) is 10.7 Å². The van der Waals surface area contributed by atoms with E-state index in [1.54, 1.807) is 0 Å². The summed E-state index contributed by atoms with van der Waals surface area (Å²) in [5.41, 5.74) is 2.61. The highest BCUT2D eigenvalue weighted by Crippen LogP contribution is 2.23. The molecule has 1 aliphatic rings. The quantitative estimate of drug-likeness (QED) is 0.279. The Morgan fingerprint density at radius 2 is 2.36 bits per heavy atom. The van der Waals surface area contributed by atoms with Crippen molar-refractivity contribution in [1.29, 1.82) is 0 Å². The molecule has 14 heavy (non-hydrogen) atoms. The summed E-state index contributed by atoms with van der Waals surface area (Å²) in [5, 5.41) is 3.34. The first-order valence-corrected chi connectivity index (χ1v) is 6.28. The second-order valence-electron chi connectivity index (χ2n) is 3.64. The maximum atomic E-state index is 5.39. The molecule has 0 aromatic rings. The van der Waals surface area contributed by atoms with Gasteiger partial charge >= 0.3 is 0 Å². The Kier molecular flexibility index (Phi) is 5.11. The van der Waals surface area contributed by atoms with Crippen LogP contribution in [0.15, 0.2) is 4.99 Å². The van der Waals surface area contributed by atoms with Crippen LogP contribution in [0.1, 0.15) is 20.3 Å². The van der Waals surface area contributed by atoms with Gasteiger partial charge in [0.1, 0.15) is 0 Å². The van der Waals surface area contributed by atoms with Crippen LogP contribution in [0.5, 0.6) is 0 Å². The van der Waals surface area contributed by atoms with E-state index in [0.29, 0.717) is 12.0 Å². The Bertz CT molecular complexity index is 195. The van der Waals surface area contributed by atoms with Crippen LogP contribution in [-0.4, -0.2) is 30.1 Å². The van der Waals surface area contributed by atoms with E-state index in [1.165, 1.54) is 5.75 Å². The van der Waals surface area contributed by atoms with Gasteiger partial charge in [0.15, 0.2) is 0 Å². The Labute approximate surface area is 90.1 Å². The largest absolute Gasteiger partial charge is 0.351 e. The molecule has 0 spiro atoms. The number of aliphatic imine (C=N–C) groups is 1. The Morgan fingerprint density at radius 1 is 1.57 bits per heavy atom. The van der Waals surface area contributed by atoms with Crippen molar-refractivity contribution in [3.63, 3.8) is 0 Å². The molecule has 1 rings (SSSR count). The maximum Gasteiger partial charge on any atom is 0.205 e. The van der Waals surface area contributed by atoms with E-state index in [2.05, 4.69) is 29.6 Å². The molecular formula is C9H20N4S. The number of hydrogen-bond acceptors (Lipinski definition) is 3. The molecule has 1 fully saturated rings. The number of thioether (sulfide) groups is 1. The van der Waals surface area contributed by atoms with Crippen molar-refractivity contribution < 1.29 is 0 Å².